The van der Waals surface area contributed by atoms with Crippen molar-refractivity contribution >= 4 is 27.7 Å². The summed E-state index contributed by atoms with van der Waals surface area (Å²) in [6.07, 6.45) is -0.839. The van der Waals surface area contributed by atoms with E-state index in [-0.39, 0.29) is 10.3 Å². The fraction of sp³-hybridized carbons (Fsp3) is 0.909. The van der Waals surface area contributed by atoms with E-state index in [1.165, 1.54) is 4.90 Å². The Balaban J connectivity index is 4.02. The van der Waals surface area contributed by atoms with Crippen LogP contribution >= 0.6 is 21.6 Å². The fourth-order valence-electron chi connectivity index (χ4n) is 1.06. The maximum absolute atomic E-state index is 11.0. The van der Waals surface area contributed by atoms with Crippen molar-refractivity contribution in [2.75, 3.05) is 12.3 Å². The predicted molar refractivity (Wildman–Crippen MR) is 74.3 cm³/mol. The molecule has 0 atom stereocenters. The molecule has 0 aliphatic heterocycles. The van der Waals surface area contributed by atoms with Crippen molar-refractivity contribution in [3.8, 4) is 0 Å². The van der Waals surface area contributed by atoms with Gasteiger partial charge < -0.3 is 10.0 Å². The summed E-state index contributed by atoms with van der Waals surface area (Å²) in [7, 11) is 3.53. The summed E-state index contributed by atoms with van der Waals surface area (Å²) in [4.78, 5) is 12.5. The smallest absolute Gasteiger partial charge is 0.407 e. The summed E-state index contributed by atoms with van der Waals surface area (Å²) in [5.74, 6) is 0.825. The van der Waals surface area contributed by atoms with Crippen molar-refractivity contribution in [3.05, 3.63) is 0 Å². The molecule has 0 bridgehead atoms. The molecule has 0 fully saturated rings. The van der Waals surface area contributed by atoms with Crippen molar-refractivity contribution in [2.45, 2.75) is 51.8 Å². The second-order valence-electron chi connectivity index (χ2n) is 5.62. The van der Waals surface area contributed by atoms with Gasteiger partial charge >= 0.3 is 6.09 Å². The van der Waals surface area contributed by atoms with Crippen LogP contribution in [-0.2, 0) is 0 Å². The molecule has 1 N–H and O–H groups in total. The first-order chi connectivity index (χ1) is 7.04. The first-order valence-electron chi connectivity index (χ1n) is 5.35. The van der Waals surface area contributed by atoms with Gasteiger partial charge in [-0.1, -0.05) is 42.4 Å². The maximum Gasteiger partial charge on any atom is 0.407 e. The Morgan fingerprint density at radius 3 is 2.00 bits per heavy atom. The molecule has 0 saturated heterocycles. The summed E-state index contributed by atoms with van der Waals surface area (Å²) in [5.41, 5.74) is -0.321. The number of carbonyl (C=O) groups is 1. The minimum atomic E-state index is -0.839. The molecule has 0 unspecified atom stereocenters. The Morgan fingerprint density at radius 1 is 1.19 bits per heavy atom. The van der Waals surface area contributed by atoms with Gasteiger partial charge in [-0.05, 0) is 20.8 Å². The van der Waals surface area contributed by atoms with Crippen LogP contribution in [0.5, 0.6) is 0 Å². The van der Waals surface area contributed by atoms with E-state index in [0.29, 0.717) is 6.54 Å². The van der Waals surface area contributed by atoms with Crippen LogP contribution in [-0.4, -0.2) is 38.7 Å². The van der Waals surface area contributed by atoms with Gasteiger partial charge in [0.15, 0.2) is 0 Å². The van der Waals surface area contributed by atoms with E-state index in [1.54, 1.807) is 21.6 Å². The molecule has 0 aromatic heterocycles. The van der Waals surface area contributed by atoms with Crippen LogP contribution in [0.4, 0.5) is 4.79 Å². The molecular weight excluding hydrogens is 242 g/mol. The Bertz CT molecular complexity index is 231. The highest BCUT2D eigenvalue weighted by Gasteiger charge is 2.25. The van der Waals surface area contributed by atoms with E-state index in [2.05, 4.69) is 20.8 Å². The minimum Gasteiger partial charge on any atom is -0.465 e. The zero-order valence-corrected chi connectivity index (χ0v) is 12.7. The molecule has 1 amide bonds. The number of amides is 1. The topological polar surface area (TPSA) is 40.5 Å². The highest BCUT2D eigenvalue weighted by molar-refractivity contribution is 8.77. The van der Waals surface area contributed by atoms with Crippen LogP contribution in [0.1, 0.15) is 41.5 Å². The third-order valence-corrected chi connectivity index (χ3v) is 5.07. The summed E-state index contributed by atoms with van der Waals surface area (Å²) >= 11 is 0. The molecule has 0 radical (unpaired) electrons. The number of hydrogen-bond donors (Lipinski definition) is 1. The lowest BCUT2D eigenvalue weighted by Crippen LogP contribution is -2.46. The molecular formula is C11H23NO2S2. The van der Waals surface area contributed by atoms with E-state index >= 15 is 0 Å². The van der Waals surface area contributed by atoms with Gasteiger partial charge in [-0.15, -0.1) is 0 Å². The molecule has 16 heavy (non-hydrogen) atoms. The van der Waals surface area contributed by atoms with E-state index in [4.69, 9.17) is 5.11 Å². The standard InChI is InChI=1S/C11H23NO2S2/c1-10(2,3)12(9(13)14)7-8-15-16-11(4,5)6/h7-8H2,1-6H3,(H,13,14). The van der Waals surface area contributed by atoms with Gasteiger partial charge in [0, 0.05) is 22.6 Å². The van der Waals surface area contributed by atoms with E-state index in [0.717, 1.165) is 5.75 Å². The summed E-state index contributed by atoms with van der Waals surface area (Å²) in [6, 6.07) is 0. The van der Waals surface area contributed by atoms with Crippen LogP contribution in [0.25, 0.3) is 0 Å². The van der Waals surface area contributed by atoms with Gasteiger partial charge in [-0.3, -0.25) is 0 Å². The fourth-order valence-corrected chi connectivity index (χ4v) is 3.29. The molecule has 3 nitrogen and oxygen atoms in total. The number of hydrogen-bond acceptors (Lipinski definition) is 3. The average Bonchev–Trinajstić information content (AvgIpc) is 1.97. The Hall–Kier alpha value is -0.0300. The summed E-state index contributed by atoms with van der Waals surface area (Å²) in [5, 5.41) is 9.08. The Kier molecular flexibility index (Phi) is 6.04. The molecule has 0 saturated carbocycles. The molecule has 5 heteroatoms. The predicted octanol–water partition coefficient (Wildman–Crippen LogP) is 3.94. The number of rotatable bonds is 4. The van der Waals surface area contributed by atoms with E-state index in [1.807, 2.05) is 20.8 Å². The van der Waals surface area contributed by atoms with Crippen LogP contribution in [0.3, 0.4) is 0 Å². The van der Waals surface area contributed by atoms with Gasteiger partial charge in [-0.2, -0.15) is 0 Å². The maximum atomic E-state index is 11.0. The molecule has 0 aliphatic rings. The van der Waals surface area contributed by atoms with Gasteiger partial charge in [0.25, 0.3) is 0 Å². The quantitative estimate of drug-likeness (QED) is 0.617. The lowest BCUT2D eigenvalue weighted by molar-refractivity contribution is 0.105. The largest absolute Gasteiger partial charge is 0.465 e. The highest BCUT2D eigenvalue weighted by atomic mass is 33.1. The van der Waals surface area contributed by atoms with Crippen LogP contribution in [0, 0.1) is 0 Å². The normalized spacial score (nSPS) is 12.6. The lowest BCUT2D eigenvalue weighted by atomic mass is 10.1. The number of carboxylic acid groups (broad SMARTS) is 1. The molecule has 0 aromatic carbocycles. The van der Waals surface area contributed by atoms with Crippen molar-refractivity contribution in [1.29, 1.82) is 0 Å². The Labute approximate surface area is 107 Å². The Morgan fingerprint density at radius 2 is 1.69 bits per heavy atom. The zero-order chi connectivity index (χ0) is 13.0. The van der Waals surface area contributed by atoms with Crippen molar-refractivity contribution in [2.24, 2.45) is 0 Å². The van der Waals surface area contributed by atoms with Crippen molar-refractivity contribution in [3.63, 3.8) is 0 Å². The highest BCUT2D eigenvalue weighted by Crippen LogP contribution is 2.35. The molecule has 0 aliphatic carbocycles. The third-order valence-electron chi connectivity index (χ3n) is 1.75. The van der Waals surface area contributed by atoms with Gasteiger partial charge in [0.2, 0.25) is 0 Å². The van der Waals surface area contributed by atoms with Crippen molar-refractivity contribution < 1.29 is 9.90 Å². The lowest BCUT2D eigenvalue weighted by Gasteiger charge is -2.33. The van der Waals surface area contributed by atoms with Crippen LogP contribution < -0.4 is 0 Å². The number of nitrogens with zero attached hydrogens (tertiary/aromatic N) is 1. The minimum absolute atomic E-state index is 0.223. The van der Waals surface area contributed by atoms with E-state index < -0.39 is 6.09 Å². The average molecular weight is 265 g/mol. The summed E-state index contributed by atoms with van der Waals surface area (Å²) < 4.78 is 0.223. The van der Waals surface area contributed by atoms with Crippen LogP contribution in [0.2, 0.25) is 0 Å². The van der Waals surface area contributed by atoms with Gasteiger partial charge in [-0.25, -0.2) is 4.79 Å². The van der Waals surface area contributed by atoms with Crippen molar-refractivity contribution in [1.82, 2.24) is 4.90 Å². The van der Waals surface area contributed by atoms with Gasteiger partial charge in [0.05, 0.1) is 0 Å². The van der Waals surface area contributed by atoms with E-state index in [9.17, 15) is 4.79 Å². The monoisotopic (exact) mass is 265 g/mol. The molecule has 96 valence electrons. The molecule has 0 heterocycles. The molecule has 0 spiro atoms. The second kappa shape index (κ2) is 6.05. The second-order valence-corrected chi connectivity index (χ2v) is 8.87. The SMILES string of the molecule is CC(C)(C)SSCCN(C(=O)O)C(C)(C)C. The first-order valence-corrected chi connectivity index (χ1v) is 7.67. The zero-order valence-electron chi connectivity index (χ0n) is 11.0. The van der Waals surface area contributed by atoms with Gasteiger partial charge in [0.1, 0.15) is 0 Å². The van der Waals surface area contributed by atoms with Crippen LogP contribution in [0.15, 0.2) is 0 Å². The third kappa shape index (κ3) is 7.28. The molecule has 0 aromatic rings. The summed E-state index contributed by atoms with van der Waals surface area (Å²) in [6.45, 7) is 12.8. The first kappa shape index (κ1) is 16.0. The molecule has 0 rings (SSSR count).